The first-order valence-corrected chi connectivity index (χ1v) is 10.3. The Morgan fingerprint density at radius 1 is 1.19 bits per heavy atom. The summed E-state index contributed by atoms with van der Waals surface area (Å²) in [4.78, 5) is 13.1. The van der Waals surface area contributed by atoms with Crippen LogP contribution in [0.2, 0.25) is 5.02 Å². The van der Waals surface area contributed by atoms with E-state index < -0.39 is 17.1 Å². The third kappa shape index (κ3) is 4.20. The van der Waals surface area contributed by atoms with Gasteiger partial charge in [0.05, 0.1) is 10.6 Å². The van der Waals surface area contributed by atoms with Crippen molar-refractivity contribution >= 4 is 17.5 Å². The van der Waals surface area contributed by atoms with Crippen molar-refractivity contribution in [2.24, 2.45) is 0 Å². The Balaban J connectivity index is 1.64. The van der Waals surface area contributed by atoms with Crippen LogP contribution in [0.3, 0.4) is 0 Å². The van der Waals surface area contributed by atoms with Crippen LogP contribution in [0.15, 0.2) is 47.0 Å². The Bertz CT molecular complexity index is 1090. The van der Waals surface area contributed by atoms with Gasteiger partial charge in [0.15, 0.2) is 0 Å². The molecule has 0 aliphatic carbocycles. The quantitative estimate of drug-likeness (QED) is 0.595. The van der Waals surface area contributed by atoms with Crippen molar-refractivity contribution in [3.05, 3.63) is 76.0 Å². The molecule has 0 spiro atoms. The predicted molar refractivity (Wildman–Crippen MR) is 112 cm³/mol. The molecule has 0 radical (unpaired) electrons. The molecule has 1 amide bonds. The number of halogens is 3. The first kappa shape index (κ1) is 21.5. The summed E-state index contributed by atoms with van der Waals surface area (Å²) in [5, 5.41) is 6.93. The molecule has 0 saturated carbocycles. The van der Waals surface area contributed by atoms with Crippen LogP contribution in [0.25, 0.3) is 11.3 Å². The average Bonchev–Trinajstić information content (AvgIpc) is 3.13. The summed E-state index contributed by atoms with van der Waals surface area (Å²) in [7, 11) is 0. The van der Waals surface area contributed by atoms with E-state index in [0.29, 0.717) is 26.1 Å². The molecule has 1 aromatic heterocycles. The van der Waals surface area contributed by atoms with Crippen LogP contribution in [0.4, 0.5) is 8.78 Å². The SMILES string of the molecule is Cc1onc(-c2c(F)cccc2Cl)c1C(=O)NCC1(c2cccc(F)c2)CCOCC1. The molecule has 0 atom stereocenters. The molecule has 0 bridgehead atoms. The van der Waals surface area contributed by atoms with Crippen molar-refractivity contribution in [1.29, 1.82) is 0 Å². The van der Waals surface area contributed by atoms with Crippen molar-refractivity contribution in [2.45, 2.75) is 25.2 Å². The molecule has 1 N–H and O–H groups in total. The number of ether oxygens (including phenoxy) is 1. The summed E-state index contributed by atoms with van der Waals surface area (Å²) in [6.07, 6.45) is 1.26. The van der Waals surface area contributed by atoms with E-state index in [2.05, 4.69) is 10.5 Å². The molecule has 8 heteroatoms. The lowest BCUT2D eigenvalue weighted by Gasteiger charge is -2.38. The molecule has 1 fully saturated rings. The zero-order valence-electron chi connectivity index (χ0n) is 16.9. The van der Waals surface area contributed by atoms with E-state index in [-0.39, 0.29) is 40.0 Å². The van der Waals surface area contributed by atoms with Gasteiger partial charge >= 0.3 is 0 Å². The van der Waals surface area contributed by atoms with Gasteiger partial charge < -0.3 is 14.6 Å². The zero-order chi connectivity index (χ0) is 22.0. The Kier molecular flexibility index (Phi) is 6.07. The smallest absolute Gasteiger partial charge is 0.257 e. The zero-order valence-corrected chi connectivity index (χ0v) is 17.6. The molecule has 1 saturated heterocycles. The van der Waals surface area contributed by atoms with Crippen molar-refractivity contribution in [3.8, 4) is 11.3 Å². The van der Waals surface area contributed by atoms with E-state index >= 15 is 0 Å². The van der Waals surface area contributed by atoms with E-state index in [9.17, 15) is 13.6 Å². The molecule has 2 heterocycles. The number of nitrogens with zero attached hydrogens (tertiary/aromatic N) is 1. The molecule has 0 unspecified atom stereocenters. The van der Waals surface area contributed by atoms with E-state index in [0.717, 1.165) is 5.56 Å². The number of carbonyl (C=O) groups is 1. The minimum absolute atomic E-state index is 0.0112. The number of amides is 1. The lowest BCUT2D eigenvalue weighted by molar-refractivity contribution is 0.0486. The fraction of sp³-hybridized carbons (Fsp3) is 0.304. The van der Waals surface area contributed by atoms with Crippen molar-refractivity contribution < 1.29 is 22.8 Å². The predicted octanol–water partition coefficient (Wildman–Crippen LogP) is 5.06. The highest BCUT2D eigenvalue weighted by Gasteiger charge is 2.36. The van der Waals surface area contributed by atoms with Gasteiger partial charge in [0.1, 0.15) is 28.7 Å². The van der Waals surface area contributed by atoms with Crippen molar-refractivity contribution in [1.82, 2.24) is 10.5 Å². The summed E-state index contributed by atoms with van der Waals surface area (Å²) in [5.41, 5.74) is 0.502. The standard InChI is InChI=1S/C23H21ClF2N2O3/c1-14-19(21(28-31-14)20-17(24)6-3-7-18(20)26)22(29)27-13-23(8-10-30-11-9-23)15-4-2-5-16(25)12-15/h2-7,12H,8-11,13H2,1H3,(H,27,29). The van der Waals surface area contributed by atoms with Gasteiger partial charge in [0.25, 0.3) is 5.91 Å². The molecule has 5 nitrogen and oxygen atoms in total. The molecule has 3 aromatic rings. The molecule has 31 heavy (non-hydrogen) atoms. The Labute approximate surface area is 183 Å². The van der Waals surface area contributed by atoms with Crippen molar-refractivity contribution in [2.75, 3.05) is 19.8 Å². The summed E-state index contributed by atoms with van der Waals surface area (Å²) in [6.45, 7) is 2.86. The Morgan fingerprint density at radius 3 is 2.65 bits per heavy atom. The van der Waals surface area contributed by atoms with Gasteiger partial charge in [-0.1, -0.05) is 35.0 Å². The van der Waals surface area contributed by atoms with Gasteiger partial charge in [-0.15, -0.1) is 0 Å². The largest absolute Gasteiger partial charge is 0.381 e. The van der Waals surface area contributed by atoms with Gasteiger partial charge in [-0.25, -0.2) is 8.78 Å². The third-order valence-electron chi connectivity index (χ3n) is 5.76. The molecule has 1 aliphatic heterocycles. The van der Waals surface area contributed by atoms with Crippen LogP contribution in [-0.2, 0) is 10.2 Å². The van der Waals surface area contributed by atoms with E-state index in [1.165, 1.54) is 30.3 Å². The summed E-state index contributed by atoms with van der Waals surface area (Å²) in [5.74, 6) is -1.15. The number of nitrogens with one attached hydrogen (secondary N) is 1. The molecular formula is C23H21ClF2N2O3. The number of carbonyl (C=O) groups excluding carboxylic acids is 1. The highest BCUT2D eigenvalue weighted by Crippen LogP contribution is 2.36. The van der Waals surface area contributed by atoms with Crippen LogP contribution >= 0.6 is 11.6 Å². The summed E-state index contributed by atoms with van der Waals surface area (Å²) in [6, 6.07) is 10.6. The summed E-state index contributed by atoms with van der Waals surface area (Å²) < 4.78 is 39.0. The first-order chi connectivity index (χ1) is 14.9. The Hall–Kier alpha value is -2.77. The number of rotatable bonds is 5. The van der Waals surface area contributed by atoms with Gasteiger partial charge in [0.2, 0.25) is 0 Å². The second-order valence-corrected chi connectivity index (χ2v) is 8.05. The molecule has 4 rings (SSSR count). The van der Waals surface area contributed by atoms with Gasteiger partial charge in [-0.05, 0) is 49.6 Å². The van der Waals surface area contributed by atoms with Crippen LogP contribution in [-0.4, -0.2) is 30.8 Å². The topological polar surface area (TPSA) is 64.4 Å². The number of hydrogen-bond donors (Lipinski definition) is 1. The second-order valence-electron chi connectivity index (χ2n) is 7.64. The van der Waals surface area contributed by atoms with Crippen LogP contribution in [0.5, 0.6) is 0 Å². The van der Waals surface area contributed by atoms with Crippen LogP contribution < -0.4 is 5.32 Å². The fourth-order valence-corrected chi connectivity index (χ4v) is 4.27. The molecule has 162 valence electrons. The molecule has 1 aliphatic rings. The third-order valence-corrected chi connectivity index (χ3v) is 6.08. The normalized spacial score (nSPS) is 15.6. The number of aromatic nitrogens is 1. The number of aryl methyl sites for hydroxylation is 1. The van der Waals surface area contributed by atoms with E-state index in [4.69, 9.17) is 20.9 Å². The fourth-order valence-electron chi connectivity index (χ4n) is 4.02. The van der Waals surface area contributed by atoms with E-state index in [1.807, 2.05) is 6.07 Å². The monoisotopic (exact) mass is 446 g/mol. The highest BCUT2D eigenvalue weighted by molar-refractivity contribution is 6.33. The summed E-state index contributed by atoms with van der Waals surface area (Å²) >= 11 is 6.16. The maximum atomic E-state index is 14.4. The Morgan fingerprint density at radius 2 is 1.94 bits per heavy atom. The molecular weight excluding hydrogens is 426 g/mol. The van der Waals surface area contributed by atoms with Crippen molar-refractivity contribution in [3.63, 3.8) is 0 Å². The minimum Gasteiger partial charge on any atom is -0.381 e. The minimum atomic E-state index is -0.601. The lowest BCUT2D eigenvalue weighted by Crippen LogP contribution is -2.44. The molecule has 2 aromatic carbocycles. The number of hydrogen-bond acceptors (Lipinski definition) is 4. The highest BCUT2D eigenvalue weighted by atomic mass is 35.5. The van der Waals surface area contributed by atoms with E-state index in [1.54, 1.807) is 13.0 Å². The lowest BCUT2D eigenvalue weighted by atomic mass is 9.74. The maximum absolute atomic E-state index is 14.4. The second kappa shape index (κ2) is 8.77. The van der Waals surface area contributed by atoms with Crippen LogP contribution in [0, 0.1) is 18.6 Å². The average molecular weight is 447 g/mol. The van der Waals surface area contributed by atoms with Gasteiger partial charge in [0, 0.05) is 25.2 Å². The number of benzene rings is 2. The van der Waals surface area contributed by atoms with Gasteiger partial charge in [-0.3, -0.25) is 4.79 Å². The first-order valence-electron chi connectivity index (χ1n) is 9.94. The van der Waals surface area contributed by atoms with Gasteiger partial charge in [-0.2, -0.15) is 0 Å². The van der Waals surface area contributed by atoms with Crippen LogP contribution in [0.1, 0.15) is 34.5 Å². The maximum Gasteiger partial charge on any atom is 0.257 e.